The van der Waals surface area contributed by atoms with E-state index in [1.54, 1.807) is 6.92 Å². The van der Waals surface area contributed by atoms with Gasteiger partial charge in [-0.1, -0.05) is 46.4 Å². The number of aliphatic carboxylic acids is 6. The van der Waals surface area contributed by atoms with E-state index in [-0.39, 0.29) is 53.3 Å². The summed E-state index contributed by atoms with van der Waals surface area (Å²) in [5.41, 5.74) is 0.347. The van der Waals surface area contributed by atoms with Crippen molar-refractivity contribution in [2.24, 2.45) is 5.41 Å². The van der Waals surface area contributed by atoms with E-state index in [2.05, 4.69) is 39.5 Å². The normalized spacial score (nSPS) is 8.32. The van der Waals surface area contributed by atoms with Crippen LogP contribution < -0.4 is 0 Å². The Morgan fingerprint density at radius 3 is 0.455 bits per heavy atom. The molecule has 0 aliphatic heterocycles. The van der Waals surface area contributed by atoms with Crippen LogP contribution >= 0.6 is 0 Å². The van der Waals surface area contributed by atoms with Gasteiger partial charge >= 0.3 is 35.8 Å². The first-order chi connectivity index (χ1) is 19.5. The van der Waals surface area contributed by atoms with Crippen molar-refractivity contribution in [3.8, 4) is 0 Å². The number of rotatable bonds is 9. The topological polar surface area (TPSA) is 284 Å². The van der Waals surface area contributed by atoms with Crippen molar-refractivity contribution >= 4 is 35.8 Å². The lowest BCUT2D eigenvalue weighted by Crippen LogP contribution is -2.29. The number of carboxylic acid groups (broad SMARTS) is 6. The van der Waals surface area contributed by atoms with Crippen molar-refractivity contribution in [2.75, 3.05) is 19.8 Å². The molecule has 0 atom stereocenters. The van der Waals surface area contributed by atoms with Gasteiger partial charge in [-0.2, -0.15) is 0 Å². The number of hydrogen-bond donors (Lipinski definition) is 9. The van der Waals surface area contributed by atoms with E-state index in [0.29, 0.717) is 0 Å². The Kier molecular flexibility index (Phi) is 40.9. The molecule has 0 saturated heterocycles. The summed E-state index contributed by atoms with van der Waals surface area (Å²) in [7, 11) is 0. The monoisotopic (exact) mass is 636 g/mol. The fraction of sp³-hybridized carbons (Fsp3) is 0.379. The van der Waals surface area contributed by atoms with E-state index in [0.717, 1.165) is 0 Å². The van der Waals surface area contributed by atoms with Crippen LogP contribution in [-0.2, 0) is 28.8 Å². The molecular formula is C29H48O15. The van der Waals surface area contributed by atoms with Gasteiger partial charge in [0.1, 0.15) is 0 Å². The highest BCUT2D eigenvalue weighted by molar-refractivity contribution is 5.86. The molecule has 0 aromatic rings. The maximum atomic E-state index is 9.60. The molecule has 0 rings (SSSR count). The molecule has 0 amide bonds. The highest BCUT2D eigenvalue weighted by Gasteiger charge is 2.20. The first-order valence-corrected chi connectivity index (χ1v) is 11.7. The Labute approximate surface area is 257 Å². The summed E-state index contributed by atoms with van der Waals surface area (Å²) in [5, 5.41) is 72.7. The molecule has 0 bridgehead atoms. The third-order valence-electron chi connectivity index (χ3n) is 3.34. The predicted octanol–water partition coefficient (Wildman–Crippen LogP) is 2.85. The Bertz CT molecular complexity index is 747. The van der Waals surface area contributed by atoms with Crippen LogP contribution in [0.1, 0.15) is 48.5 Å². The molecule has 0 aliphatic rings. The minimum Gasteiger partial charge on any atom is -0.478 e. The molecule has 9 N–H and O–H groups in total. The minimum atomic E-state index is -0.935. The molecule has 0 saturated carbocycles. The fourth-order valence-electron chi connectivity index (χ4n) is 0.150. The highest BCUT2D eigenvalue weighted by Crippen LogP contribution is 2.11. The van der Waals surface area contributed by atoms with E-state index < -0.39 is 41.2 Å². The number of aliphatic hydroxyl groups is 3. The largest absolute Gasteiger partial charge is 0.478 e. The molecule has 0 aromatic carbocycles. The van der Waals surface area contributed by atoms with Gasteiger partial charge in [0.2, 0.25) is 0 Å². The van der Waals surface area contributed by atoms with Crippen LogP contribution in [0.25, 0.3) is 0 Å². The van der Waals surface area contributed by atoms with Gasteiger partial charge in [0.25, 0.3) is 0 Å². The number of carboxylic acids is 6. The molecular weight excluding hydrogens is 588 g/mol. The van der Waals surface area contributed by atoms with Crippen LogP contribution in [-0.4, -0.2) is 102 Å². The molecule has 0 radical (unpaired) electrons. The van der Waals surface area contributed by atoms with Crippen molar-refractivity contribution in [3.63, 3.8) is 0 Å². The minimum absolute atomic E-state index is 0.176. The Morgan fingerprint density at radius 2 is 0.455 bits per heavy atom. The van der Waals surface area contributed by atoms with Crippen molar-refractivity contribution < 1.29 is 74.7 Å². The van der Waals surface area contributed by atoms with Crippen LogP contribution in [0.4, 0.5) is 0 Å². The average molecular weight is 637 g/mol. The summed E-state index contributed by atoms with van der Waals surface area (Å²) in [5.74, 6) is -5.61. The van der Waals surface area contributed by atoms with E-state index in [1.165, 1.54) is 41.5 Å². The zero-order valence-electron chi connectivity index (χ0n) is 26.3. The van der Waals surface area contributed by atoms with Gasteiger partial charge in [0.05, 0.1) is 19.8 Å². The van der Waals surface area contributed by atoms with Crippen molar-refractivity contribution in [3.05, 3.63) is 72.9 Å². The van der Waals surface area contributed by atoms with Crippen molar-refractivity contribution in [1.29, 1.82) is 0 Å². The molecule has 0 spiro atoms. The van der Waals surface area contributed by atoms with Gasteiger partial charge in [-0.25, -0.2) is 28.8 Å². The first kappa shape index (κ1) is 55.1. The van der Waals surface area contributed by atoms with Crippen LogP contribution in [0, 0.1) is 5.41 Å². The van der Waals surface area contributed by atoms with E-state index in [1.807, 2.05) is 0 Å². The van der Waals surface area contributed by atoms with Gasteiger partial charge in [0, 0.05) is 38.9 Å². The second-order valence-electron chi connectivity index (χ2n) is 8.80. The SMILES string of the molecule is C=C(C)C(=O)O.C=C(C)C(=O)O.C=C(C)C(=O)O.C=C(C)C(=O)O.C=C(C)C(=O)O.C=C(C)C(=O)O.CC(CO)(CO)CO. The second-order valence-corrected chi connectivity index (χ2v) is 8.80. The average Bonchev–Trinajstić information content (AvgIpc) is 2.89. The Hall–Kier alpha value is -4.86. The first-order valence-electron chi connectivity index (χ1n) is 11.7. The lowest BCUT2D eigenvalue weighted by molar-refractivity contribution is -0.133. The zero-order chi connectivity index (χ0) is 37.5. The fourth-order valence-corrected chi connectivity index (χ4v) is 0.150. The lowest BCUT2D eigenvalue weighted by atomic mass is 9.95. The summed E-state index contributed by atoms with van der Waals surface area (Å²) in [6.07, 6.45) is 0. The molecule has 0 fully saturated rings. The molecule has 0 aliphatic carbocycles. The standard InChI is InChI=1S/C5H12O3.6C4H6O2/c1-5(2-6,3-7)4-8;6*1-3(2)4(5)6/h6-8H,2-4H2,1H3;6*1H2,2H3,(H,5,6). The number of aliphatic hydroxyl groups excluding tert-OH is 3. The molecule has 44 heavy (non-hydrogen) atoms. The van der Waals surface area contributed by atoms with E-state index >= 15 is 0 Å². The summed E-state index contributed by atoms with van der Waals surface area (Å²) in [4.78, 5) is 57.6. The number of hydrogen-bond acceptors (Lipinski definition) is 9. The lowest BCUT2D eigenvalue weighted by Gasteiger charge is -2.20. The van der Waals surface area contributed by atoms with Crippen molar-refractivity contribution in [1.82, 2.24) is 0 Å². The van der Waals surface area contributed by atoms with Gasteiger partial charge in [-0.15, -0.1) is 0 Å². The van der Waals surface area contributed by atoms with Crippen molar-refractivity contribution in [2.45, 2.75) is 48.5 Å². The van der Waals surface area contributed by atoms with Gasteiger partial charge in [0.15, 0.2) is 0 Å². The summed E-state index contributed by atoms with van der Waals surface area (Å²) >= 11 is 0. The van der Waals surface area contributed by atoms with Crippen LogP contribution in [0.15, 0.2) is 72.9 Å². The summed E-state index contributed by atoms with van der Waals surface area (Å²) < 4.78 is 0. The van der Waals surface area contributed by atoms with Gasteiger partial charge < -0.3 is 46.0 Å². The summed E-state index contributed by atoms with van der Waals surface area (Å²) in [6.45, 7) is 28.7. The smallest absolute Gasteiger partial charge is 0.330 e. The third-order valence-corrected chi connectivity index (χ3v) is 3.34. The Morgan fingerprint density at radius 1 is 0.386 bits per heavy atom. The quantitative estimate of drug-likeness (QED) is 0.164. The maximum Gasteiger partial charge on any atom is 0.330 e. The zero-order valence-corrected chi connectivity index (χ0v) is 26.3. The van der Waals surface area contributed by atoms with Gasteiger partial charge in [-0.05, 0) is 41.5 Å². The third kappa shape index (κ3) is 61.3. The van der Waals surface area contributed by atoms with Crippen LogP contribution in [0.3, 0.4) is 0 Å². The maximum absolute atomic E-state index is 9.60. The number of carbonyl (C=O) groups is 6. The molecule has 0 unspecified atom stereocenters. The van der Waals surface area contributed by atoms with Crippen LogP contribution in [0.2, 0.25) is 0 Å². The molecule has 254 valence electrons. The van der Waals surface area contributed by atoms with E-state index in [9.17, 15) is 28.8 Å². The molecule has 15 heteroatoms. The Balaban J connectivity index is -0.0000000728. The predicted molar refractivity (Wildman–Crippen MR) is 164 cm³/mol. The van der Waals surface area contributed by atoms with Gasteiger partial charge in [-0.3, -0.25) is 0 Å². The molecule has 0 heterocycles. The second kappa shape index (κ2) is 32.7. The molecule has 0 aromatic heterocycles. The van der Waals surface area contributed by atoms with Crippen LogP contribution in [0.5, 0.6) is 0 Å². The van der Waals surface area contributed by atoms with E-state index in [4.69, 9.17) is 46.0 Å². The molecule has 15 nitrogen and oxygen atoms in total. The highest BCUT2D eigenvalue weighted by atomic mass is 16.4. The summed E-state index contributed by atoms with van der Waals surface area (Å²) in [6, 6.07) is 0.